The van der Waals surface area contributed by atoms with Crippen LogP contribution in [0.2, 0.25) is 0 Å². The van der Waals surface area contributed by atoms with Gasteiger partial charge in [0.1, 0.15) is 0 Å². The van der Waals surface area contributed by atoms with Crippen molar-refractivity contribution in [2.24, 2.45) is 0 Å². The summed E-state index contributed by atoms with van der Waals surface area (Å²) in [5.41, 5.74) is 0. The quantitative estimate of drug-likeness (QED) is 0.424. The summed E-state index contributed by atoms with van der Waals surface area (Å²) < 4.78 is 0. The smallest absolute Gasteiger partial charge is 2.00 e. The molecule has 0 aliphatic carbocycles. The topological polar surface area (TPSA) is 28.5 Å². The van der Waals surface area contributed by atoms with E-state index in [-0.39, 0.29) is 70.3 Å². The summed E-state index contributed by atoms with van der Waals surface area (Å²) in [5, 5.41) is 0. The van der Waals surface area contributed by atoms with Crippen molar-refractivity contribution in [3.63, 3.8) is 0 Å². The van der Waals surface area contributed by atoms with Gasteiger partial charge in [0.25, 0.3) is 0 Å². The zero-order valence-corrected chi connectivity index (χ0v) is 7.46. The molecular weight excluding hydrogens is 234 g/mol. The number of hydrogen-bond donors (Lipinski definition) is 0. The van der Waals surface area contributed by atoms with E-state index < -0.39 is 0 Å². The first-order valence-corrected chi connectivity index (χ1v) is 0. The fraction of sp³-hybridized carbons (Fsp3) is 0. The van der Waals surface area contributed by atoms with Gasteiger partial charge in [-0.1, -0.05) is 0 Å². The molecular formula is ClOZr2+5. The van der Waals surface area contributed by atoms with Crippen molar-refractivity contribution in [1.29, 1.82) is 0 Å². The molecule has 0 rings (SSSR count). The van der Waals surface area contributed by atoms with Crippen LogP contribution in [0, 0.1) is 0 Å². The zero-order chi connectivity index (χ0) is 0. The average Bonchev–Trinajstić information content (AvgIpc) is 0. The summed E-state index contributed by atoms with van der Waals surface area (Å²) in [6, 6.07) is 0. The van der Waals surface area contributed by atoms with E-state index in [9.17, 15) is 0 Å². The van der Waals surface area contributed by atoms with Crippen LogP contribution in [0.3, 0.4) is 0 Å². The van der Waals surface area contributed by atoms with Gasteiger partial charge in [-0.15, -0.1) is 0 Å². The molecule has 0 aliphatic heterocycles. The Morgan fingerprint density at radius 2 is 0.750 bits per heavy atom. The molecule has 16 valence electrons. The molecule has 0 unspecified atom stereocenters. The van der Waals surface area contributed by atoms with Crippen molar-refractivity contribution in [1.82, 2.24) is 0 Å². The minimum absolute atomic E-state index is 0. The predicted molar refractivity (Wildman–Crippen MR) is 0.686 cm³/mol. The van der Waals surface area contributed by atoms with Gasteiger partial charge in [0.15, 0.2) is 0 Å². The Labute approximate surface area is 69.5 Å². The molecule has 0 N–H and O–H groups in total. The molecule has 1 nitrogen and oxygen atoms in total. The van der Waals surface area contributed by atoms with Crippen LogP contribution in [0.4, 0.5) is 0 Å². The van der Waals surface area contributed by atoms with Crippen molar-refractivity contribution in [2.45, 2.75) is 0 Å². The number of halogens is 1. The van der Waals surface area contributed by atoms with Gasteiger partial charge in [0.05, 0.1) is 0 Å². The summed E-state index contributed by atoms with van der Waals surface area (Å²) in [6.45, 7) is 0. The molecule has 0 radical (unpaired) electrons. The largest absolute Gasteiger partial charge is 4.00 e. The van der Waals surface area contributed by atoms with Gasteiger partial charge in [-0.3, -0.25) is 0 Å². The maximum absolute atomic E-state index is 0. The molecule has 4 heavy (non-hydrogen) atoms. The zero-order valence-electron chi connectivity index (χ0n) is 1.79. The van der Waals surface area contributed by atoms with Crippen LogP contribution in [-0.2, 0) is 57.9 Å². The molecule has 0 aliphatic rings. The molecule has 0 spiro atoms. The fourth-order valence-corrected chi connectivity index (χ4v) is 0. The van der Waals surface area contributed by atoms with Crippen LogP contribution in [0.1, 0.15) is 0 Å². The van der Waals surface area contributed by atoms with Crippen LogP contribution in [0.25, 0.3) is 0 Å². The molecule has 0 bridgehead atoms. The monoisotopic (exact) mass is 231 g/mol. The van der Waals surface area contributed by atoms with Gasteiger partial charge in [-0.05, 0) is 0 Å². The van der Waals surface area contributed by atoms with Gasteiger partial charge in [0.2, 0.25) is 0 Å². The first kappa shape index (κ1) is 37.2. The van der Waals surface area contributed by atoms with Crippen molar-refractivity contribution in [3.05, 3.63) is 0 Å². The average molecular weight is 234 g/mol. The number of hydrogen-bond acceptors (Lipinski definition) is 0. The molecule has 0 saturated heterocycles. The summed E-state index contributed by atoms with van der Waals surface area (Å²) in [6.07, 6.45) is 0. The fourth-order valence-electron chi connectivity index (χ4n) is 0. The van der Waals surface area contributed by atoms with E-state index in [0.717, 1.165) is 0 Å². The summed E-state index contributed by atoms with van der Waals surface area (Å²) in [7, 11) is 0. The maximum atomic E-state index is 0. The third kappa shape index (κ3) is 8.99. The molecule has 0 aromatic heterocycles. The van der Waals surface area contributed by atoms with E-state index in [1.807, 2.05) is 0 Å². The Morgan fingerprint density at radius 1 is 0.750 bits per heavy atom. The second kappa shape index (κ2) is 19.9. The molecule has 0 saturated carbocycles. The molecule has 0 aromatic carbocycles. The minimum atomic E-state index is 0. The van der Waals surface area contributed by atoms with E-state index in [1.54, 1.807) is 0 Å². The Balaban J connectivity index is 0. The second-order valence-electron chi connectivity index (χ2n) is 0. The summed E-state index contributed by atoms with van der Waals surface area (Å²) >= 11 is 0. The van der Waals surface area contributed by atoms with Gasteiger partial charge in [0, 0.05) is 0 Å². The third-order valence-electron chi connectivity index (χ3n) is 0. The maximum Gasteiger partial charge on any atom is 4.00 e. The normalized spacial score (nSPS) is 0. The SMILES string of the molecule is [Cl-].[O-2].[Zr+4].[Zr+4]. The summed E-state index contributed by atoms with van der Waals surface area (Å²) in [4.78, 5) is 0. The van der Waals surface area contributed by atoms with Crippen LogP contribution in [0.15, 0.2) is 0 Å². The number of rotatable bonds is 0. The molecule has 0 fully saturated rings. The third-order valence-corrected chi connectivity index (χ3v) is 0. The van der Waals surface area contributed by atoms with Gasteiger partial charge < -0.3 is 17.9 Å². The second-order valence-corrected chi connectivity index (χ2v) is 0. The van der Waals surface area contributed by atoms with Gasteiger partial charge in [-0.25, -0.2) is 0 Å². The van der Waals surface area contributed by atoms with E-state index in [1.165, 1.54) is 0 Å². The predicted octanol–water partition coefficient (Wildman–Crippen LogP) is -3.12. The Hall–Kier alpha value is 2.02. The summed E-state index contributed by atoms with van der Waals surface area (Å²) in [5.74, 6) is 0. The van der Waals surface area contributed by atoms with Crippen molar-refractivity contribution in [2.75, 3.05) is 0 Å². The van der Waals surface area contributed by atoms with Crippen molar-refractivity contribution in [3.8, 4) is 0 Å². The van der Waals surface area contributed by atoms with Crippen LogP contribution in [0.5, 0.6) is 0 Å². The van der Waals surface area contributed by atoms with E-state index in [4.69, 9.17) is 0 Å². The first-order chi connectivity index (χ1) is 0. The van der Waals surface area contributed by atoms with E-state index in [2.05, 4.69) is 0 Å². The van der Waals surface area contributed by atoms with E-state index in [0.29, 0.717) is 0 Å². The Morgan fingerprint density at radius 3 is 0.750 bits per heavy atom. The molecule has 0 amide bonds. The van der Waals surface area contributed by atoms with Gasteiger partial charge >= 0.3 is 52.4 Å². The molecule has 0 aromatic rings. The minimum Gasteiger partial charge on any atom is -2.00 e. The van der Waals surface area contributed by atoms with Crippen molar-refractivity contribution >= 4 is 0 Å². The van der Waals surface area contributed by atoms with Crippen molar-refractivity contribution < 1.29 is 70.3 Å². The Kier molecular flexibility index (Phi) is 185. The molecule has 4 heteroatoms. The Bertz CT molecular complexity index is 6.00. The standard InChI is InChI=1S/ClH.O.2Zr/h1H;;;/q;-2;2*+4/p-1. The van der Waals surface area contributed by atoms with Crippen LogP contribution < -0.4 is 12.4 Å². The van der Waals surface area contributed by atoms with E-state index >= 15 is 0 Å². The van der Waals surface area contributed by atoms with Crippen LogP contribution >= 0.6 is 0 Å². The molecule has 0 atom stereocenters. The first-order valence-electron chi connectivity index (χ1n) is 0. The van der Waals surface area contributed by atoms with Gasteiger partial charge in [-0.2, -0.15) is 0 Å². The molecule has 0 heterocycles. The van der Waals surface area contributed by atoms with Crippen LogP contribution in [-0.4, -0.2) is 0 Å².